The van der Waals surface area contributed by atoms with Gasteiger partial charge in [0.15, 0.2) is 0 Å². The van der Waals surface area contributed by atoms with E-state index >= 15 is 0 Å². The maximum atomic E-state index is 12.9. The molecule has 144 valence electrons. The summed E-state index contributed by atoms with van der Waals surface area (Å²) in [5.74, 6) is 1.83. The number of hydrogen-bond acceptors (Lipinski definition) is 6. The number of piperazine rings is 1. The number of rotatable bonds is 7. The van der Waals surface area contributed by atoms with E-state index in [9.17, 15) is 4.79 Å². The maximum absolute atomic E-state index is 12.9. The van der Waals surface area contributed by atoms with Crippen LogP contribution in [0.5, 0.6) is 11.5 Å². The molecule has 1 aromatic carbocycles. The van der Waals surface area contributed by atoms with Gasteiger partial charge in [0, 0.05) is 44.8 Å². The zero-order valence-corrected chi connectivity index (χ0v) is 16.7. The Bertz CT molecular complexity index is 622. The van der Waals surface area contributed by atoms with Gasteiger partial charge < -0.3 is 19.7 Å². The molecule has 26 heavy (non-hydrogen) atoms. The van der Waals surface area contributed by atoms with Gasteiger partial charge in [0.1, 0.15) is 16.9 Å². The van der Waals surface area contributed by atoms with Crippen LogP contribution >= 0.6 is 11.8 Å². The summed E-state index contributed by atoms with van der Waals surface area (Å²) in [6.45, 7) is 7.86. The summed E-state index contributed by atoms with van der Waals surface area (Å²) in [6.07, 6.45) is 0.844. The van der Waals surface area contributed by atoms with E-state index in [4.69, 9.17) is 9.47 Å². The van der Waals surface area contributed by atoms with Gasteiger partial charge in [-0.05, 0) is 24.6 Å². The maximum Gasteiger partial charge on any atom is 0.236 e. The van der Waals surface area contributed by atoms with Crippen LogP contribution in [0.2, 0.25) is 0 Å². The normalized spacial score (nSPS) is 24.1. The number of methoxy groups -OCH3 is 2. The van der Waals surface area contributed by atoms with E-state index in [1.54, 1.807) is 26.0 Å². The van der Waals surface area contributed by atoms with E-state index in [1.807, 2.05) is 23.1 Å². The van der Waals surface area contributed by atoms with Gasteiger partial charge in [0.2, 0.25) is 5.91 Å². The van der Waals surface area contributed by atoms with Crippen LogP contribution in [0.4, 0.5) is 0 Å². The quantitative estimate of drug-likeness (QED) is 0.782. The highest BCUT2D eigenvalue weighted by Gasteiger charge is 2.41. The molecule has 2 saturated heterocycles. The third-order valence-electron chi connectivity index (χ3n) is 5.08. The van der Waals surface area contributed by atoms with Gasteiger partial charge in [-0.3, -0.25) is 9.69 Å². The highest BCUT2D eigenvalue weighted by molar-refractivity contribution is 8.01. The highest BCUT2D eigenvalue weighted by Crippen LogP contribution is 2.47. The SMILES string of the molecule is CC[C@@H]1S[C@@H](c2cc(OC)ccc2OC)N(CCN2CCNCC2)C1=O. The first kappa shape index (κ1) is 19.3. The molecule has 7 heteroatoms. The fourth-order valence-electron chi connectivity index (χ4n) is 3.54. The largest absolute Gasteiger partial charge is 0.497 e. The van der Waals surface area contributed by atoms with Crippen LogP contribution in [0.25, 0.3) is 0 Å². The number of carbonyl (C=O) groups is 1. The molecule has 2 atom stereocenters. The third kappa shape index (κ3) is 4.10. The second-order valence-corrected chi connectivity index (χ2v) is 7.90. The van der Waals surface area contributed by atoms with Crippen LogP contribution in [-0.2, 0) is 4.79 Å². The summed E-state index contributed by atoms with van der Waals surface area (Å²) in [6, 6.07) is 5.82. The standard InChI is InChI=1S/C19H29N3O3S/c1-4-17-18(23)22(12-11-21-9-7-20-8-10-21)19(26-17)15-13-14(24-2)5-6-16(15)25-3/h5-6,13,17,19-20H,4,7-12H2,1-3H3/t17-,19-/m0/s1. The Morgan fingerprint density at radius 1 is 1.19 bits per heavy atom. The second kappa shape index (κ2) is 8.97. The zero-order valence-electron chi connectivity index (χ0n) is 15.9. The van der Waals surface area contributed by atoms with Crippen LogP contribution < -0.4 is 14.8 Å². The molecule has 2 heterocycles. The summed E-state index contributed by atoms with van der Waals surface area (Å²) in [4.78, 5) is 17.4. The molecule has 0 unspecified atom stereocenters. The summed E-state index contributed by atoms with van der Waals surface area (Å²) in [7, 11) is 3.34. The first-order chi connectivity index (χ1) is 12.7. The number of thioether (sulfide) groups is 1. The average Bonchev–Trinajstić information content (AvgIpc) is 3.02. The summed E-state index contributed by atoms with van der Waals surface area (Å²) in [5, 5.41) is 3.36. The van der Waals surface area contributed by atoms with Crippen molar-refractivity contribution in [2.75, 3.05) is 53.5 Å². The average molecular weight is 380 g/mol. The van der Waals surface area contributed by atoms with Crippen molar-refractivity contribution in [3.05, 3.63) is 23.8 Å². The van der Waals surface area contributed by atoms with Crippen molar-refractivity contribution in [3.8, 4) is 11.5 Å². The number of hydrogen-bond donors (Lipinski definition) is 1. The molecule has 0 aliphatic carbocycles. The molecule has 3 rings (SSSR count). The number of nitrogens with one attached hydrogen (secondary N) is 1. The molecule has 1 amide bonds. The Labute approximate surface area is 160 Å². The van der Waals surface area contributed by atoms with Crippen molar-refractivity contribution < 1.29 is 14.3 Å². The monoisotopic (exact) mass is 379 g/mol. The Morgan fingerprint density at radius 3 is 2.62 bits per heavy atom. The second-order valence-electron chi connectivity index (χ2n) is 6.62. The predicted molar refractivity (Wildman–Crippen MR) is 105 cm³/mol. The van der Waals surface area contributed by atoms with Gasteiger partial charge in [-0.1, -0.05) is 6.92 Å². The molecule has 1 N–H and O–H groups in total. The van der Waals surface area contributed by atoms with Crippen LogP contribution in [0, 0.1) is 0 Å². The van der Waals surface area contributed by atoms with Crippen molar-refractivity contribution in [2.24, 2.45) is 0 Å². The van der Waals surface area contributed by atoms with E-state index in [2.05, 4.69) is 17.1 Å². The first-order valence-electron chi connectivity index (χ1n) is 9.28. The number of carbonyl (C=O) groups excluding carboxylic acids is 1. The Morgan fingerprint density at radius 2 is 1.96 bits per heavy atom. The van der Waals surface area contributed by atoms with Gasteiger partial charge in [-0.15, -0.1) is 11.8 Å². The summed E-state index contributed by atoms with van der Waals surface area (Å²) >= 11 is 1.73. The van der Waals surface area contributed by atoms with E-state index in [1.165, 1.54) is 0 Å². The fraction of sp³-hybridized carbons (Fsp3) is 0.632. The fourth-order valence-corrected chi connectivity index (χ4v) is 4.99. The van der Waals surface area contributed by atoms with Crippen LogP contribution in [0.3, 0.4) is 0 Å². The molecule has 0 radical (unpaired) electrons. The van der Waals surface area contributed by atoms with Gasteiger partial charge >= 0.3 is 0 Å². The van der Waals surface area contributed by atoms with Crippen LogP contribution in [-0.4, -0.2) is 74.4 Å². The Balaban J connectivity index is 1.81. The molecule has 2 aliphatic rings. The lowest BCUT2D eigenvalue weighted by atomic mass is 10.1. The molecule has 1 aromatic rings. The molecule has 2 fully saturated rings. The topological polar surface area (TPSA) is 54.0 Å². The van der Waals surface area contributed by atoms with Gasteiger partial charge in [0.25, 0.3) is 0 Å². The lowest BCUT2D eigenvalue weighted by Gasteiger charge is -2.31. The van der Waals surface area contributed by atoms with Crippen molar-refractivity contribution in [1.82, 2.24) is 15.1 Å². The van der Waals surface area contributed by atoms with E-state index in [-0.39, 0.29) is 16.5 Å². The predicted octanol–water partition coefficient (Wildman–Crippen LogP) is 1.96. The first-order valence-corrected chi connectivity index (χ1v) is 10.2. The minimum atomic E-state index is -0.0274. The van der Waals surface area contributed by atoms with Crippen LogP contribution in [0.15, 0.2) is 18.2 Å². The van der Waals surface area contributed by atoms with Gasteiger partial charge in [-0.2, -0.15) is 0 Å². The molecule has 0 saturated carbocycles. The molecular weight excluding hydrogens is 350 g/mol. The Hall–Kier alpha value is -1.44. The zero-order chi connectivity index (χ0) is 18.5. The molecule has 2 aliphatic heterocycles. The minimum absolute atomic E-state index is 0.0129. The van der Waals surface area contributed by atoms with Crippen LogP contribution in [0.1, 0.15) is 24.3 Å². The molecule has 0 bridgehead atoms. The van der Waals surface area contributed by atoms with Crippen molar-refractivity contribution in [1.29, 1.82) is 0 Å². The lowest BCUT2D eigenvalue weighted by molar-refractivity contribution is -0.130. The molecule has 0 aromatic heterocycles. The molecular formula is C19H29N3O3S. The van der Waals surface area contributed by atoms with E-state index in [0.717, 1.165) is 62.8 Å². The summed E-state index contributed by atoms with van der Waals surface area (Å²) < 4.78 is 11.0. The van der Waals surface area contributed by atoms with Gasteiger partial charge in [0.05, 0.1) is 19.5 Å². The van der Waals surface area contributed by atoms with Gasteiger partial charge in [-0.25, -0.2) is 0 Å². The minimum Gasteiger partial charge on any atom is -0.497 e. The van der Waals surface area contributed by atoms with Crippen molar-refractivity contribution in [2.45, 2.75) is 24.0 Å². The number of benzene rings is 1. The highest BCUT2D eigenvalue weighted by atomic mass is 32.2. The summed E-state index contributed by atoms with van der Waals surface area (Å²) in [5.41, 5.74) is 1.02. The van der Waals surface area contributed by atoms with Crippen molar-refractivity contribution in [3.63, 3.8) is 0 Å². The molecule has 6 nitrogen and oxygen atoms in total. The van der Waals surface area contributed by atoms with Crippen molar-refractivity contribution >= 4 is 17.7 Å². The number of ether oxygens (including phenoxy) is 2. The van der Waals surface area contributed by atoms with E-state index < -0.39 is 0 Å². The lowest BCUT2D eigenvalue weighted by Crippen LogP contribution is -2.47. The molecule has 0 spiro atoms. The third-order valence-corrected chi connectivity index (χ3v) is 6.70. The van der Waals surface area contributed by atoms with E-state index in [0.29, 0.717) is 0 Å². The number of nitrogens with zero attached hydrogens (tertiary/aromatic N) is 2. The smallest absolute Gasteiger partial charge is 0.236 e. The Kier molecular flexibility index (Phi) is 6.67. The number of amides is 1.